The maximum absolute atomic E-state index is 12.4. The predicted octanol–water partition coefficient (Wildman–Crippen LogP) is 3.37. The van der Waals surface area contributed by atoms with Crippen molar-refractivity contribution in [3.05, 3.63) is 72.1 Å². The Bertz CT molecular complexity index is 905. The molecule has 2 aromatic carbocycles. The van der Waals surface area contributed by atoms with Gasteiger partial charge in [0.25, 0.3) is 0 Å². The summed E-state index contributed by atoms with van der Waals surface area (Å²) in [6, 6.07) is 18.0. The average Bonchev–Trinajstić information content (AvgIpc) is 3.17. The van der Waals surface area contributed by atoms with Gasteiger partial charge >= 0.3 is 0 Å². The molecule has 0 aliphatic carbocycles. The van der Waals surface area contributed by atoms with Gasteiger partial charge in [0.15, 0.2) is 0 Å². The Labute approximate surface area is 152 Å². The number of rotatable bonds is 3. The Balaban J connectivity index is 1.81. The summed E-state index contributed by atoms with van der Waals surface area (Å²) in [5.74, 6) is 1.35. The first kappa shape index (κ1) is 16.3. The van der Waals surface area contributed by atoms with Crippen LogP contribution in [0.25, 0.3) is 0 Å². The molecule has 3 aromatic rings. The van der Waals surface area contributed by atoms with Crippen LogP contribution < -0.4 is 9.64 Å². The van der Waals surface area contributed by atoms with Gasteiger partial charge in [-0.1, -0.05) is 42.5 Å². The molecular weight excluding hydrogens is 328 g/mol. The van der Waals surface area contributed by atoms with Crippen molar-refractivity contribution in [2.24, 2.45) is 0 Å². The molecule has 2 atom stereocenters. The summed E-state index contributed by atoms with van der Waals surface area (Å²) in [7, 11) is 1.65. The summed E-state index contributed by atoms with van der Waals surface area (Å²) in [5.41, 5.74) is 2.21. The smallest absolute Gasteiger partial charge is 0.231 e. The molecule has 1 aliphatic rings. The zero-order chi connectivity index (χ0) is 18.1. The Morgan fingerprint density at radius 2 is 1.73 bits per heavy atom. The zero-order valence-electron chi connectivity index (χ0n) is 14.7. The highest BCUT2D eigenvalue weighted by Crippen LogP contribution is 2.41. The third-order valence-corrected chi connectivity index (χ3v) is 4.85. The number of nitrogens with zero attached hydrogens (tertiary/aromatic N) is 4. The molecular formula is C20H20N4O2. The van der Waals surface area contributed by atoms with Crippen LogP contribution >= 0.6 is 0 Å². The van der Waals surface area contributed by atoms with Crippen molar-refractivity contribution in [3.63, 3.8) is 0 Å². The maximum atomic E-state index is 12.4. The summed E-state index contributed by atoms with van der Waals surface area (Å²) in [6.07, 6.45) is 2.24. The van der Waals surface area contributed by atoms with Crippen molar-refractivity contribution >= 4 is 11.9 Å². The van der Waals surface area contributed by atoms with Crippen molar-refractivity contribution in [2.45, 2.75) is 25.4 Å². The van der Waals surface area contributed by atoms with Crippen molar-refractivity contribution < 1.29 is 9.53 Å². The molecule has 6 nitrogen and oxygen atoms in total. The number of amides is 1. The average molecular weight is 348 g/mol. The number of hydrogen-bond donors (Lipinski definition) is 0. The fourth-order valence-corrected chi connectivity index (χ4v) is 3.62. The van der Waals surface area contributed by atoms with Gasteiger partial charge in [-0.2, -0.15) is 10.1 Å². The number of carbonyl (C=O) groups excluding carboxylic acids is 1. The van der Waals surface area contributed by atoms with Gasteiger partial charge in [-0.25, -0.2) is 4.68 Å². The molecule has 1 amide bonds. The lowest BCUT2D eigenvalue weighted by Crippen LogP contribution is -2.41. The number of aromatic nitrogens is 3. The van der Waals surface area contributed by atoms with Gasteiger partial charge in [0.1, 0.15) is 12.1 Å². The second kappa shape index (κ2) is 6.63. The number of anilines is 1. The summed E-state index contributed by atoms with van der Waals surface area (Å²) in [4.78, 5) is 18.5. The second-order valence-electron chi connectivity index (χ2n) is 6.34. The van der Waals surface area contributed by atoms with E-state index in [4.69, 9.17) is 4.74 Å². The van der Waals surface area contributed by atoms with Gasteiger partial charge in [0.05, 0.1) is 19.2 Å². The lowest BCUT2D eigenvalue weighted by atomic mass is 9.92. The molecule has 2 heterocycles. The van der Waals surface area contributed by atoms with Crippen molar-refractivity contribution in [2.75, 3.05) is 12.0 Å². The molecule has 4 rings (SSSR count). The van der Waals surface area contributed by atoms with E-state index in [9.17, 15) is 4.79 Å². The van der Waals surface area contributed by atoms with E-state index in [0.717, 1.165) is 23.3 Å². The van der Waals surface area contributed by atoms with Gasteiger partial charge in [-0.3, -0.25) is 9.69 Å². The first-order valence-electron chi connectivity index (χ1n) is 8.57. The molecule has 0 saturated carbocycles. The molecule has 6 heteroatoms. The van der Waals surface area contributed by atoms with Gasteiger partial charge in [-0.05, 0) is 29.7 Å². The second-order valence-corrected chi connectivity index (χ2v) is 6.34. The number of fused-ring (bicyclic) bond motifs is 1. The fraction of sp³-hybridized carbons (Fsp3) is 0.250. The van der Waals surface area contributed by atoms with E-state index < -0.39 is 0 Å². The minimum atomic E-state index is -0.0856. The zero-order valence-corrected chi connectivity index (χ0v) is 14.7. The Morgan fingerprint density at radius 1 is 1.04 bits per heavy atom. The highest BCUT2D eigenvalue weighted by Gasteiger charge is 2.37. The van der Waals surface area contributed by atoms with Crippen LogP contribution in [0.5, 0.6) is 5.75 Å². The van der Waals surface area contributed by atoms with Crippen LogP contribution in [0.15, 0.2) is 60.9 Å². The topological polar surface area (TPSA) is 60.2 Å². The summed E-state index contributed by atoms with van der Waals surface area (Å²) < 4.78 is 7.10. The monoisotopic (exact) mass is 348 g/mol. The number of benzene rings is 2. The van der Waals surface area contributed by atoms with Crippen LogP contribution in [0.3, 0.4) is 0 Å². The van der Waals surface area contributed by atoms with E-state index >= 15 is 0 Å². The van der Waals surface area contributed by atoms with E-state index in [1.165, 1.54) is 6.33 Å². The molecule has 0 spiro atoms. The third-order valence-electron chi connectivity index (χ3n) is 4.85. The minimum absolute atomic E-state index is 0.000729. The van der Waals surface area contributed by atoms with E-state index in [0.29, 0.717) is 5.95 Å². The quantitative estimate of drug-likeness (QED) is 0.728. The number of hydrogen-bond acceptors (Lipinski definition) is 4. The molecule has 26 heavy (non-hydrogen) atoms. The van der Waals surface area contributed by atoms with Crippen molar-refractivity contribution in [3.8, 4) is 5.75 Å². The van der Waals surface area contributed by atoms with Crippen LogP contribution in [0.4, 0.5) is 5.95 Å². The molecule has 1 aromatic heterocycles. The first-order chi connectivity index (χ1) is 12.7. The number of ether oxygens (including phenoxy) is 1. The highest BCUT2D eigenvalue weighted by atomic mass is 16.5. The van der Waals surface area contributed by atoms with Gasteiger partial charge in [-0.15, -0.1) is 0 Å². The fourth-order valence-electron chi connectivity index (χ4n) is 3.62. The van der Waals surface area contributed by atoms with E-state index in [1.807, 2.05) is 47.1 Å². The van der Waals surface area contributed by atoms with E-state index in [1.54, 1.807) is 18.9 Å². The molecule has 0 unspecified atom stereocenters. The normalized spacial score (nSPS) is 19.1. The van der Waals surface area contributed by atoms with Crippen LogP contribution in [-0.2, 0) is 4.79 Å². The van der Waals surface area contributed by atoms with Gasteiger partial charge < -0.3 is 4.74 Å². The summed E-state index contributed by atoms with van der Waals surface area (Å²) in [5, 5.41) is 4.40. The molecule has 132 valence electrons. The van der Waals surface area contributed by atoms with E-state index in [2.05, 4.69) is 22.2 Å². The Hall–Kier alpha value is -3.15. The lowest BCUT2D eigenvalue weighted by Gasteiger charge is -2.38. The van der Waals surface area contributed by atoms with Crippen LogP contribution in [-0.4, -0.2) is 27.8 Å². The molecule has 0 saturated heterocycles. The standard InChI is InChI=1S/C20H20N4O2/c1-14(25)23-18(15-6-4-3-5-7-15)12-19(24-20(23)21-13-22-24)16-8-10-17(26-2)11-9-16/h3-11,13,18-19H,12H2,1-2H3/t18-,19+/m0/s1. The van der Waals surface area contributed by atoms with Crippen molar-refractivity contribution in [1.82, 2.24) is 14.8 Å². The Kier molecular flexibility index (Phi) is 4.16. The maximum Gasteiger partial charge on any atom is 0.231 e. The molecule has 0 radical (unpaired) electrons. The SMILES string of the molecule is COc1ccc([C@H]2C[C@@H](c3ccccc3)N(C(C)=O)c3ncnn32)cc1. The van der Waals surface area contributed by atoms with Crippen molar-refractivity contribution in [1.29, 1.82) is 0 Å². The lowest BCUT2D eigenvalue weighted by molar-refractivity contribution is -0.117. The number of carbonyl (C=O) groups is 1. The third kappa shape index (κ3) is 2.73. The van der Waals surface area contributed by atoms with E-state index in [-0.39, 0.29) is 18.0 Å². The first-order valence-corrected chi connectivity index (χ1v) is 8.57. The van der Waals surface area contributed by atoms with Crippen LogP contribution in [0, 0.1) is 0 Å². The van der Waals surface area contributed by atoms with Gasteiger partial charge in [0.2, 0.25) is 11.9 Å². The summed E-state index contributed by atoms with van der Waals surface area (Å²) in [6.45, 7) is 1.57. The number of methoxy groups -OCH3 is 1. The highest BCUT2D eigenvalue weighted by molar-refractivity contribution is 5.90. The minimum Gasteiger partial charge on any atom is -0.497 e. The molecule has 0 N–H and O–H groups in total. The Morgan fingerprint density at radius 3 is 2.38 bits per heavy atom. The summed E-state index contributed by atoms with van der Waals surface area (Å²) >= 11 is 0. The largest absolute Gasteiger partial charge is 0.497 e. The predicted molar refractivity (Wildman–Crippen MR) is 98.1 cm³/mol. The van der Waals surface area contributed by atoms with Crippen LogP contribution in [0.2, 0.25) is 0 Å². The molecule has 0 fully saturated rings. The molecule has 1 aliphatic heterocycles. The van der Waals surface area contributed by atoms with Gasteiger partial charge in [0, 0.05) is 6.92 Å². The van der Waals surface area contributed by atoms with Crippen LogP contribution in [0.1, 0.15) is 36.6 Å². The molecule has 0 bridgehead atoms.